The summed E-state index contributed by atoms with van der Waals surface area (Å²) in [5, 5.41) is 12.4. The normalized spacial score (nSPS) is 12.6. The second-order valence-corrected chi connectivity index (χ2v) is 13.3. The molecule has 44 heavy (non-hydrogen) atoms. The number of furan rings is 1. The van der Waals surface area contributed by atoms with Crippen molar-refractivity contribution in [2.24, 2.45) is 0 Å². The van der Waals surface area contributed by atoms with Gasteiger partial charge in [-0.15, -0.1) is 11.3 Å². The number of hydrogen-bond acceptors (Lipinski definition) is 6. The molecule has 2 N–H and O–H groups in total. The number of carboxylic acids is 1. The largest absolute Gasteiger partial charge is 0.516 e. The van der Waals surface area contributed by atoms with Gasteiger partial charge in [-0.3, -0.25) is 4.72 Å². The number of anilines is 1. The maximum Gasteiger partial charge on any atom is 0.516 e. The minimum Gasteiger partial charge on any atom is -0.478 e. The van der Waals surface area contributed by atoms with Crippen LogP contribution >= 0.6 is 27.3 Å². The van der Waals surface area contributed by atoms with E-state index in [9.17, 15) is 31.5 Å². The summed E-state index contributed by atoms with van der Waals surface area (Å²) in [5.74, 6) is -0.0787. The number of sulfonamides is 1. The molecule has 0 aliphatic rings. The van der Waals surface area contributed by atoms with Gasteiger partial charge in [0, 0.05) is 40.8 Å². The van der Waals surface area contributed by atoms with Gasteiger partial charge < -0.3 is 14.1 Å². The molecule has 0 amide bonds. The summed E-state index contributed by atoms with van der Waals surface area (Å²) in [6.07, 6.45) is 5.07. The molecule has 0 aliphatic carbocycles. The van der Waals surface area contributed by atoms with Crippen LogP contribution in [0.5, 0.6) is 0 Å². The fourth-order valence-electron chi connectivity index (χ4n) is 4.66. The number of aryl methyl sites for hydroxylation is 1. The number of nitrogens with one attached hydrogen (secondary N) is 1. The number of imidazole rings is 1. The number of thiophene rings is 1. The van der Waals surface area contributed by atoms with Crippen molar-refractivity contribution in [3.63, 3.8) is 0 Å². The predicted molar refractivity (Wildman–Crippen MR) is 167 cm³/mol. The summed E-state index contributed by atoms with van der Waals surface area (Å²) >= 11 is 4.98. The Morgan fingerprint density at radius 1 is 1.18 bits per heavy atom. The van der Waals surface area contributed by atoms with Crippen LogP contribution in [0.2, 0.25) is 0 Å². The minimum atomic E-state index is -5.66. The average Bonchev–Trinajstić information content (AvgIpc) is 3.69. The predicted octanol–water partition coefficient (Wildman–Crippen LogP) is 8.09. The molecule has 0 saturated carbocycles. The second-order valence-electron chi connectivity index (χ2n) is 9.84. The third-order valence-electron chi connectivity index (χ3n) is 6.74. The molecule has 0 radical (unpaired) electrons. The molecule has 0 unspecified atom stereocenters. The van der Waals surface area contributed by atoms with Crippen molar-refractivity contribution in [2.45, 2.75) is 38.2 Å². The zero-order valence-corrected chi connectivity index (χ0v) is 26.3. The van der Waals surface area contributed by atoms with Gasteiger partial charge in [-0.2, -0.15) is 21.6 Å². The number of fused-ring (bicyclic) bond motifs is 1. The van der Waals surface area contributed by atoms with Crippen LogP contribution in [0.4, 0.5) is 18.9 Å². The molecule has 0 saturated heterocycles. The summed E-state index contributed by atoms with van der Waals surface area (Å²) in [5.41, 5.74) is -3.54. The number of carboxylic acid groups (broad SMARTS) is 1. The van der Waals surface area contributed by atoms with E-state index in [0.29, 0.717) is 34.1 Å². The zero-order chi connectivity index (χ0) is 31.6. The van der Waals surface area contributed by atoms with Gasteiger partial charge in [-0.1, -0.05) is 31.2 Å². The smallest absolute Gasteiger partial charge is 0.478 e. The van der Waals surface area contributed by atoms with Crippen molar-refractivity contribution in [1.82, 2.24) is 9.55 Å². The quantitative estimate of drug-likeness (QED) is 0.134. The molecule has 230 valence electrons. The number of alkyl halides is 3. The number of aliphatic carboxylic acids is 1. The van der Waals surface area contributed by atoms with Gasteiger partial charge in [0.15, 0.2) is 5.76 Å². The van der Waals surface area contributed by atoms with E-state index in [0.717, 1.165) is 22.7 Å². The van der Waals surface area contributed by atoms with Gasteiger partial charge in [0.05, 0.1) is 22.1 Å². The molecular weight excluding hydrogens is 683 g/mol. The van der Waals surface area contributed by atoms with Crippen LogP contribution in [-0.2, 0) is 34.2 Å². The molecule has 0 bridgehead atoms. The fraction of sp³-hybridized carbons (Fsp3) is 0.200. The van der Waals surface area contributed by atoms with Crippen molar-refractivity contribution in [3.8, 4) is 11.3 Å². The summed E-state index contributed by atoms with van der Waals surface area (Å²) < 4.78 is 72.8. The molecule has 2 aromatic carbocycles. The molecule has 14 heteroatoms. The van der Waals surface area contributed by atoms with E-state index < -0.39 is 21.5 Å². The standard InChI is InChI=1S/C30H25BrF3N3O5S2/c1-2-6-26-35-16-20(14-19(29(38)39)15-21-7-5-12-43-21)37(26)17-18-10-11-25-23(13-18)27(31)28(42-25)22-8-3-4-9-24(22)36-44(40,41)30(32,33)34/h3-5,7-14,16,36H,2,6,15,17H2,1H3,(H,38,39)/b19-14+. The Kier molecular flexibility index (Phi) is 9.05. The van der Waals surface area contributed by atoms with Crippen LogP contribution in [0.15, 0.2) is 80.6 Å². The number of rotatable bonds is 11. The number of nitrogens with zero attached hydrogens (tertiary/aromatic N) is 2. The lowest BCUT2D eigenvalue weighted by Crippen LogP contribution is -2.30. The van der Waals surface area contributed by atoms with Gasteiger partial charge in [-0.25, -0.2) is 9.78 Å². The van der Waals surface area contributed by atoms with E-state index in [2.05, 4.69) is 20.9 Å². The van der Waals surface area contributed by atoms with E-state index >= 15 is 0 Å². The fourth-order valence-corrected chi connectivity index (χ4v) is 6.57. The van der Waals surface area contributed by atoms with Crippen LogP contribution in [0.1, 0.15) is 35.3 Å². The van der Waals surface area contributed by atoms with Crippen LogP contribution in [-0.4, -0.2) is 34.6 Å². The first-order valence-corrected chi connectivity index (χ1v) is 16.4. The first-order chi connectivity index (χ1) is 20.9. The molecule has 0 atom stereocenters. The Bertz CT molecular complexity index is 1960. The molecule has 3 aromatic heterocycles. The van der Waals surface area contributed by atoms with Crippen molar-refractivity contribution in [3.05, 3.63) is 98.2 Å². The first-order valence-electron chi connectivity index (χ1n) is 13.3. The third kappa shape index (κ3) is 6.61. The van der Waals surface area contributed by atoms with Crippen LogP contribution in [0, 0.1) is 0 Å². The minimum absolute atomic E-state index is 0.115. The molecule has 0 spiro atoms. The van der Waals surface area contributed by atoms with Crippen LogP contribution in [0.25, 0.3) is 28.4 Å². The van der Waals surface area contributed by atoms with Gasteiger partial charge in [0.2, 0.25) is 0 Å². The number of benzene rings is 2. The maximum atomic E-state index is 13.1. The molecule has 5 aromatic rings. The molecule has 5 rings (SSSR count). The van der Waals surface area contributed by atoms with Crippen LogP contribution < -0.4 is 4.72 Å². The highest BCUT2D eigenvalue weighted by atomic mass is 79.9. The third-order valence-corrected chi connectivity index (χ3v) is 9.50. The Labute approximate surface area is 263 Å². The van der Waals surface area contributed by atoms with Crippen molar-refractivity contribution >= 4 is 66.0 Å². The highest BCUT2D eigenvalue weighted by molar-refractivity contribution is 9.10. The lowest BCUT2D eigenvalue weighted by atomic mass is 10.1. The number of halogens is 4. The Hall–Kier alpha value is -3.88. The van der Waals surface area contributed by atoms with Gasteiger partial charge in [-0.05, 0) is 69.7 Å². The van der Waals surface area contributed by atoms with E-state index in [1.165, 1.54) is 29.5 Å². The van der Waals surface area contributed by atoms with Gasteiger partial charge in [0.25, 0.3) is 0 Å². The number of hydrogen-bond donors (Lipinski definition) is 2. The number of carbonyl (C=O) groups is 1. The van der Waals surface area contributed by atoms with Crippen molar-refractivity contribution < 1.29 is 35.9 Å². The second kappa shape index (κ2) is 12.6. The number of aromatic nitrogens is 2. The van der Waals surface area contributed by atoms with E-state index in [1.54, 1.807) is 29.1 Å². The van der Waals surface area contributed by atoms with Crippen LogP contribution in [0.3, 0.4) is 0 Å². The van der Waals surface area contributed by atoms with E-state index in [1.807, 2.05) is 41.1 Å². The lowest BCUT2D eigenvalue weighted by Gasteiger charge is -2.13. The monoisotopic (exact) mass is 707 g/mol. The molecule has 3 heterocycles. The Balaban J connectivity index is 1.51. The van der Waals surface area contributed by atoms with Gasteiger partial charge >= 0.3 is 21.5 Å². The molecule has 8 nitrogen and oxygen atoms in total. The van der Waals surface area contributed by atoms with Crippen molar-refractivity contribution in [1.29, 1.82) is 0 Å². The summed E-state index contributed by atoms with van der Waals surface area (Å²) in [7, 11) is -5.66. The molecule has 0 fully saturated rings. The lowest BCUT2D eigenvalue weighted by molar-refractivity contribution is -0.132. The van der Waals surface area contributed by atoms with Gasteiger partial charge in [0.1, 0.15) is 11.4 Å². The highest BCUT2D eigenvalue weighted by Crippen LogP contribution is 2.42. The Morgan fingerprint density at radius 2 is 1.95 bits per heavy atom. The molecular formula is C30H25BrF3N3O5S2. The van der Waals surface area contributed by atoms with E-state index in [4.69, 9.17) is 4.42 Å². The van der Waals surface area contributed by atoms with Crippen molar-refractivity contribution in [2.75, 3.05) is 4.72 Å². The summed E-state index contributed by atoms with van der Waals surface area (Å²) in [6, 6.07) is 14.8. The zero-order valence-electron chi connectivity index (χ0n) is 23.1. The first kappa shape index (κ1) is 31.5. The molecule has 0 aliphatic heterocycles. The topological polar surface area (TPSA) is 114 Å². The summed E-state index contributed by atoms with van der Waals surface area (Å²) in [6.45, 7) is 2.38. The maximum absolute atomic E-state index is 13.1. The number of para-hydroxylation sites is 1. The SMILES string of the molecule is CCCc1ncc(/C=C(\Cc2cccs2)C(=O)O)n1Cc1ccc2oc(-c3ccccc3NS(=O)(=O)C(F)(F)F)c(Br)c2c1. The van der Waals surface area contributed by atoms with E-state index in [-0.39, 0.29) is 29.0 Å². The summed E-state index contributed by atoms with van der Waals surface area (Å²) in [4.78, 5) is 17.6. The highest BCUT2D eigenvalue weighted by Gasteiger charge is 2.46. The average molecular weight is 709 g/mol. The Morgan fingerprint density at radius 3 is 2.64 bits per heavy atom.